The number of hydrogen-bond acceptors (Lipinski definition) is 1. The molecule has 0 saturated carbocycles. The maximum absolute atomic E-state index is 5.87. The van der Waals surface area contributed by atoms with Crippen LogP contribution >= 0.6 is 0 Å². The molecule has 0 spiro atoms. The van der Waals surface area contributed by atoms with Gasteiger partial charge in [-0.2, -0.15) is 0 Å². The Morgan fingerprint density at radius 1 is 0.560 bits per heavy atom. The zero-order chi connectivity index (χ0) is 17.6. The van der Waals surface area contributed by atoms with Crippen molar-refractivity contribution in [1.82, 2.24) is 0 Å². The smallest absolute Gasteiger partial charge is 0.119 e. The van der Waals surface area contributed by atoms with Crippen molar-refractivity contribution in [3.05, 3.63) is 54.6 Å². The first-order valence-electron chi connectivity index (χ1n) is 10.2. The summed E-state index contributed by atoms with van der Waals surface area (Å²) >= 11 is 0. The van der Waals surface area contributed by atoms with Crippen molar-refractivity contribution in [2.75, 3.05) is 6.61 Å². The van der Waals surface area contributed by atoms with Gasteiger partial charge >= 0.3 is 0 Å². The van der Waals surface area contributed by atoms with Crippen molar-refractivity contribution >= 4 is 0 Å². The van der Waals surface area contributed by atoms with Crippen molar-refractivity contribution in [3.63, 3.8) is 0 Å². The molecule has 0 unspecified atom stereocenters. The maximum Gasteiger partial charge on any atom is 0.119 e. The molecule has 2 aromatic carbocycles. The molecule has 2 aromatic rings. The molecule has 0 bridgehead atoms. The summed E-state index contributed by atoms with van der Waals surface area (Å²) in [6.07, 6.45) is 13.6. The van der Waals surface area contributed by atoms with Crippen LogP contribution in [0.15, 0.2) is 54.6 Å². The van der Waals surface area contributed by atoms with Crippen LogP contribution in [-0.2, 0) is 0 Å². The molecule has 25 heavy (non-hydrogen) atoms. The Morgan fingerprint density at radius 2 is 1.08 bits per heavy atom. The highest BCUT2D eigenvalue weighted by molar-refractivity contribution is 5.63. The molecule has 0 fully saturated rings. The van der Waals surface area contributed by atoms with Crippen molar-refractivity contribution < 1.29 is 4.74 Å². The third kappa shape index (κ3) is 8.25. The third-order valence-electron chi connectivity index (χ3n) is 4.73. The van der Waals surface area contributed by atoms with Gasteiger partial charge in [0.15, 0.2) is 0 Å². The topological polar surface area (TPSA) is 9.23 Å². The predicted octanol–water partition coefficient (Wildman–Crippen LogP) is 7.65. The van der Waals surface area contributed by atoms with E-state index in [-0.39, 0.29) is 0 Å². The predicted molar refractivity (Wildman–Crippen MR) is 109 cm³/mol. The first-order valence-corrected chi connectivity index (χ1v) is 10.2. The molecule has 1 nitrogen and oxygen atoms in total. The highest BCUT2D eigenvalue weighted by atomic mass is 16.5. The Hall–Kier alpha value is -1.76. The monoisotopic (exact) mass is 338 g/mol. The van der Waals surface area contributed by atoms with E-state index in [0.717, 1.165) is 18.8 Å². The van der Waals surface area contributed by atoms with Gasteiger partial charge in [-0.3, -0.25) is 0 Å². The summed E-state index contributed by atoms with van der Waals surface area (Å²) < 4.78 is 5.87. The Kier molecular flexibility index (Phi) is 9.84. The van der Waals surface area contributed by atoms with Gasteiger partial charge in [0, 0.05) is 0 Å². The molecule has 0 heterocycles. The second-order valence-electron chi connectivity index (χ2n) is 6.92. The zero-order valence-corrected chi connectivity index (χ0v) is 15.9. The molecule has 2 rings (SSSR count). The normalized spacial score (nSPS) is 10.8. The van der Waals surface area contributed by atoms with Crippen LogP contribution in [0.1, 0.15) is 71.1 Å². The Labute approximate surface area is 154 Å². The van der Waals surface area contributed by atoms with Gasteiger partial charge in [-0.25, -0.2) is 0 Å². The summed E-state index contributed by atoms with van der Waals surface area (Å²) in [5.74, 6) is 0.982. The maximum atomic E-state index is 5.87. The molecule has 0 amide bonds. The SMILES string of the molecule is CCCCCCCCCCCCOc1ccc(-c2ccccc2)cc1. The highest BCUT2D eigenvalue weighted by Gasteiger charge is 1.98. The minimum atomic E-state index is 0.835. The number of ether oxygens (including phenoxy) is 1. The first-order chi connectivity index (χ1) is 12.4. The van der Waals surface area contributed by atoms with Crippen LogP contribution in [-0.4, -0.2) is 6.61 Å². The quantitative estimate of drug-likeness (QED) is 0.341. The lowest BCUT2D eigenvalue weighted by molar-refractivity contribution is 0.304. The summed E-state index contributed by atoms with van der Waals surface area (Å²) in [6.45, 7) is 3.11. The standard InChI is InChI=1S/C24H34O/c1-2-3-4-5-6-7-8-9-10-14-21-25-24-19-17-23(18-20-24)22-15-12-11-13-16-22/h11-13,15-20H,2-10,14,21H2,1H3. The van der Waals surface area contributed by atoms with Crippen LogP contribution in [0.4, 0.5) is 0 Å². The minimum Gasteiger partial charge on any atom is -0.494 e. The van der Waals surface area contributed by atoms with Crippen molar-refractivity contribution in [2.24, 2.45) is 0 Å². The number of hydrogen-bond donors (Lipinski definition) is 0. The van der Waals surface area contributed by atoms with Crippen LogP contribution in [0.3, 0.4) is 0 Å². The van der Waals surface area contributed by atoms with Crippen LogP contribution in [0.5, 0.6) is 5.75 Å². The van der Waals surface area contributed by atoms with E-state index in [2.05, 4.69) is 55.5 Å². The van der Waals surface area contributed by atoms with Gasteiger partial charge in [-0.05, 0) is 29.7 Å². The summed E-state index contributed by atoms with van der Waals surface area (Å²) in [5.41, 5.74) is 2.50. The summed E-state index contributed by atoms with van der Waals surface area (Å²) in [4.78, 5) is 0. The van der Waals surface area contributed by atoms with Gasteiger partial charge in [-0.1, -0.05) is 107 Å². The van der Waals surface area contributed by atoms with Crippen LogP contribution in [0.2, 0.25) is 0 Å². The van der Waals surface area contributed by atoms with E-state index in [1.54, 1.807) is 0 Å². The molecule has 136 valence electrons. The number of unbranched alkanes of at least 4 members (excludes halogenated alkanes) is 9. The average molecular weight is 339 g/mol. The molecular formula is C24H34O. The van der Waals surface area contributed by atoms with E-state index in [9.17, 15) is 0 Å². The van der Waals surface area contributed by atoms with E-state index < -0.39 is 0 Å². The summed E-state index contributed by atoms with van der Waals surface area (Å²) in [7, 11) is 0. The average Bonchev–Trinajstić information content (AvgIpc) is 2.67. The molecule has 0 atom stereocenters. The fourth-order valence-electron chi connectivity index (χ4n) is 3.15. The van der Waals surface area contributed by atoms with Crippen molar-refractivity contribution in [2.45, 2.75) is 71.1 Å². The second kappa shape index (κ2) is 12.6. The van der Waals surface area contributed by atoms with Gasteiger partial charge < -0.3 is 4.74 Å². The number of benzene rings is 2. The van der Waals surface area contributed by atoms with E-state index in [1.807, 2.05) is 6.07 Å². The van der Waals surface area contributed by atoms with E-state index in [0.29, 0.717) is 0 Å². The minimum absolute atomic E-state index is 0.835. The Bertz CT molecular complexity index is 544. The van der Waals surface area contributed by atoms with Gasteiger partial charge in [-0.15, -0.1) is 0 Å². The molecule has 0 aromatic heterocycles. The van der Waals surface area contributed by atoms with Crippen LogP contribution in [0, 0.1) is 0 Å². The van der Waals surface area contributed by atoms with Crippen LogP contribution < -0.4 is 4.74 Å². The van der Waals surface area contributed by atoms with Gasteiger partial charge in [0.25, 0.3) is 0 Å². The fraction of sp³-hybridized carbons (Fsp3) is 0.500. The summed E-state index contributed by atoms with van der Waals surface area (Å²) in [5, 5.41) is 0. The molecule has 1 heteroatoms. The highest BCUT2D eigenvalue weighted by Crippen LogP contribution is 2.22. The number of rotatable bonds is 13. The Balaban J connectivity index is 1.51. The molecule has 0 radical (unpaired) electrons. The zero-order valence-electron chi connectivity index (χ0n) is 15.9. The molecule has 0 N–H and O–H groups in total. The molecule has 0 aliphatic carbocycles. The van der Waals surface area contributed by atoms with E-state index >= 15 is 0 Å². The lowest BCUT2D eigenvalue weighted by Crippen LogP contribution is -1.97. The Morgan fingerprint density at radius 3 is 1.68 bits per heavy atom. The third-order valence-corrected chi connectivity index (χ3v) is 4.73. The molecule has 0 saturated heterocycles. The van der Waals surface area contributed by atoms with Crippen LogP contribution in [0.25, 0.3) is 11.1 Å². The molecule has 0 aliphatic rings. The largest absolute Gasteiger partial charge is 0.494 e. The summed E-state index contributed by atoms with van der Waals surface area (Å²) in [6, 6.07) is 18.9. The van der Waals surface area contributed by atoms with Gasteiger partial charge in [0.1, 0.15) is 5.75 Å². The lowest BCUT2D eigenvalue weighted by Gasteiger charge is -2.07. The van der Waals surface area contributed by atoms with E-state index in [4.69, 9.17) is 4.74 Å². The lowest BCUT2D eigenvalue weighted by atomic mass is 10.1. The van der Waals surface area contributed by atoms with Gasteiger partial charge in [0.05, 0.1) is 6.61 Å². The molecular weight excluding hydrogens is 304 g/mol. The first kappa shape index (κ1) is 19.6. The van der Waals surface area contributed by atoms with Crippen molar-refractivity contribution in [3.8, 4) is 16.9 Å². The van der Waals surface area contributed by atoms with Gasteiger partial charge in [0.2, 0.25) is 0 Å². The molecule has 0 aliphatic heterocycles. The van der Waals surface area contributed by atoms with E-state index in [1.165, 1.54) is 68.9 Å². The fourth-order valence-corrected chi connectivity index (χ4v) is 3.15. The second-order valence-corrected chi connectivity index (χ2v) is 6.92. The van der Waals surface area contributed by atoms with Crippen molar-refractivity contribution in [1.29, 1.82) is 0 Å².